The summed E-state index contributed by atoms with van der Waals surface area (Å²) in [5.74, 6) is 0.457. The minimum Gasteiger partial charge on any atom is -0.406 e. The van der Waals surface area contributed by atoms with Crippen molar-refractivity contribution >= 4 is 34.6 Å². The summed E-state index contributed by atoms with van der Waals surface area (Å²) in [4.78, 5) is 35.3. The first-order valence-electron chi connectivity index (χ1n) is 13.9. The summed E-state index contributed by atoms with van der Waals surface area (Å²) in [6.07, 6.45) is -1.95. The van der Waals surface area contributed by atoms with E-state index >= 15 is 0 Å². The van der Waals surface area contributed by atoms with Crippen molar-refractivity contribution in [1.29, 1.82) is 0 Å². The first-order chi connectivity index (χ1) is 21.1. The fourth-order valence-electron chi connectivity index (χ4n) is 4.66. The van der Waals surface area contributed by atoms with Gasteiger partial charge in [0.05, 0.1) is 17.1 Å². The van der Waals surface area contributed by atoms with Gasteiger partial charge in [-0.25, -0.2) is 14.5 Å². The highest BCUT2D eigenvalue weighted by Gasteiger charge is 2.32. The highest BCUT2D eigenvalue weighted by atomic mass is 32.2. The van der Waals surface area contributed by atoms with Crippen LogP contribution < -0.4 is 15.0 Å². The second-order valence-corrected chi connectivity index (χ2v) is 11.2. The number of aryl methyl sites for hydroxylation is 1. The molecule has 13 heteroatoms. The molecule has 228 valence electrons. The normalized spacial score (nSPS) is 14.5. The number of amides is 3. The number of nitrogens with one attached hydrogen (secondary N) is 1. The first kappa shape index (κ1) is 30.8. The average molecular weight is 623 g/mol. The number of aromatic nitrogens is 3. The van der Waals surface area contributed by atoms with Crippen molar-refractivity contribution in [2.24, 2.45) is 4.99 Å². The number of benzene rings is 3. The van der Waals surface area contributed by atoms with Gasteiger partial charge in [-0.05, 0) is 66.3 Å². The van der Waals surface area contributed by atoms with Crippen LogP contribution >= 0.6 is 11.8 Å². The predicted molar refractivity (Wildman–Crippen MR) is 163 cm³/mol. The second kappa shape index (κ2) is 13.3. The molecule has 4 aromatic rings. The number of para-hydroxylation sites is 1. The van der Waals surface area contributed by atoms with Gasteiger partial charge in [-0.3, -0.25) is 9.69 Å². The van der Waals surface area contributed by atoms with Gasteiger partial charge in [0, 0.05) is 12.1 Å². The quantitative estimate of drug-likeness (QED) is 0.208. The molecule has 1 saturated heterocycles. The lowest BCUT2D eigenvalue weighted by atomic mass is 10.0. The molecule has 3 amide bonds. The molecule has 1 aliphatic rings. The average Bonchev–Trinajstić information content (AvgIpc) is 3.62. The molecular formula is C31H29F3N6O3S. The lowest BCUT2D eigenvalue weighted by molar-refractivity contribution is -0.274. The maximum absolute atomic E-state index is 12.7. The van der Waals surface area contributed by atoms with E-state index in [-0.39, 0.29) is 23.3 Å². The van der Waals surface area contributed by atoms with Gasteiger partial charge in [0.15, 0.2) is 11.0 Å². The van der Waals surface area contributed by atoms with Crippen molar-refractivity contribution in [1.82, 2.24) is 20.1 Å². The standard InChI is InChI=1S/C31H29F3N6O3S/c1-20(2)25-10-3-4-11-26(25)40-27(41)18-44-30(40)37-29(42)35-16-6-8-21-7-5-9-22(17-21)28-36-19-39(38-28)23-12-14-24(15-13-23)43-31(32,33)34/h3-5,7,9-15,17,19-20H,6,8,16,18H2,1-2H3,(H,35,42). The van der Waals surface area contributed by atoms with Crippen LogP contribution in [0.5, 0.6) is 5.75 Å². The summed E-state index contributed by atoms with van der Waals surface area (Å²) in [5, 5.41) is 7.63. The predicted octanol–water partition coefficient (Wildman–Crippen LogP) is 6.73. The van der Waals surface area contributed by atoms with Crippen molar-refractivity contribution in [3.63, 3.8) is 0 Å². The molecule has 3 aromatic carbocycles. The Morgan fingerprint density at radius 3 is 2.61 bits per heavy atom. The molecule has 5 rings (SSSR count). The molecule has 0 bridgehead atoms. The zero-order valence-corrected chi connectivity index (χ0v) is 24.7. The Bertz CT molecular complexity index is 1670. The number of carbonyl (C=O) groups excluding carboxylic acids is 2. The number of aliphatic imine (C=N–C) groups is 1. The number of urea groups is 1. The molecule has 0 spiro atoms. The zero-order valence-electron chi connectivity index (χ0n) is 23.9. The number of rotatable bonds is 9. The van der Waals surface area contributed by atoms with Gasteiger partial charge in [-0.1, -0.05) is 62.0 Å². The zero-order chi connectivity index (χ0) is 31.3. The third kappa shape index (κ3) is 7.64. The van der Waals surface area contributed by atoms with Crippen LogP contribution in [0.25, 0.3) is 17.1 Å². The Labute approximate surface area is 256 Å². The van der Waals surface area contributed by atoms with Crippen molar-refractivity contribution in [3.8, 4) is 22.8 Å². The van der Waals surface area contributed by atoms with Crippen molar-refractivity contribution in [2.75, 3.05) is 17.2 Å². The molecule has 0 saturated carbocycles. The molecule has 0 unspecified atom stereocenters. The summed E-state index contributed by atoms with van der Waals surface area (Å²) >= 11 is 1.25. The summed E-state index contributed by atoms with van der Waals surface area (Å²) in [6, 6.07) is 20.1. The number of alkyl halides is 3. The van der Waals surface area contributed by atoms with Crippen LogP contribution in [0.15, 0.2) is 84.1 Å². The van der Waals surface area contributed by atoms with Crippen LogP contribution in [-0.2, 0) is 11.2 Å². The number of amidine groups is 1. The summed E-state index contributed by atoms with van der Waals surface area (Å²) in [6.45, 7) is 4.50. The van der Waals surface area contributed by atoms with Gasteiger partial charge in [-0.15, -0.1) is 18.3 Å². The molecule has 1 N–H and O–H groups in total. The number of anilines is 1. The van der Waals surface area contributed by atoms with E-state index < -0.39 is 12.4 Å². The molecule has 44 heavy (non-hydrogen) atoms. The van der Waals surface area contributed by atoms with Crippen molar-refractivity contribution < 1.29 is 27.5 Å². The maximum atomic E-state index is 12.7. The van der Waals surface area contributed by atoms with Crippen LogP contribution in [0.1, 0.15) is 37.3 Å². The molecule has 2 heterocycles. The van der Waals surface area contributed by atoms with Crippen molar-refractivity contribution in [3.05, 3.63) is 90.3 Å². The molecule has 1 aromatic heterocycles. The van der Waals surface area contributed by atoms with Gasteiger partial charge in [-0.2, -0.15) is 4.99 Å². The SMILES string of the molecule is CC(C)c1ccccc1N1C(=O)CSC1=NC(=O)NCCCc1cccc(-c2ncn(-c3ccc(OC(F)(F)F)cc3)n2)c1. The van der Waals surface area contributed by atoms with Crippen LogP contribution in [-0.4, -0.2) is 50.5 Å². The Morgan fingerprint density at radius 1 is 1.09 bits per heavy atom. The van der Waals surface area contributed by atoms with E-state index in [0.717, 1.165) is 22.4 Å². The van der Waals surface area contributed by atoms with Gasteiger partial charge in [0.1, 0.15) is 12.1 Å². The minimum absolute atomic E-state index is 0.109. The third-order valence-corrected chi connectivity index (χ3v) is 7.62. The largest absolute Gasteiger partial charge is 0.573 e. The fourth-order valence-corrected chi connectivity index (χ4v) is 5.52. The first-order valence-corrected chi connectivity index (χ1v) is 14.8. The molecule has 0 radical (unpaired) electrons. The lowest BCUT2D eigenvalue weighted by Crippen LogP contribution is -2.32. The molecule has 0 atom stereocenters. The number of nitrogens with zero attached hydrogens (tertiary/aromatic N) is 5. The molecule has 9 nitrogen and oxygen atoms in total. The Hall–Kier alpha value is -4.65. The number of thioether (sulfide) groups is 1. The van der Waals surface area contributed by atoms with Gasteiger partial charge in [0.2, 0.25) is 5.91 Å². The molecule has 1 aliphatic heterocycles. The van der Waals surface area contributed by atoms with E-state index in [1.54, 1.807) is 0 Å². The van der Waals surface area contributed by atoms with Crippen molar-refractivity contribution in [2.45, 2.75) is 39.0 Å². The molecular weight excluding hydrogens is 593 g/mol. The Kier molecular flexibility index (Phi) is 9.33. The van der Waals surface area contributed by atoms with E-state index in [0.29, 0.717) is 36.1 Å². The van der Waals surface area contributed by atoms with E-state index in [9.17, 15) is 22.8 Å². The molecule has 1 fully saturated rings. The summed E-state index contributed by atoms with van der Waals surface area (Å²) in [5.41, 5.74) is 4.08. The Morgan fingerprint density at radius 2 is 1.86 bits per heavy atom. The number of hydrogen-bond acceptors (Lipinski definition) is 6. The highest BCUT2D eigenvalue weighted by Crippen LogP contribution is 2.33. The number of hydrogen-bond donors (Lipinski definition) is 1. The molecule has 0 aliphatic carbocycles. The van der Waals surface area contributed by atoms with E-state index in [1.807, 2.05) is 48.5 Å². The number of ether oxygens (including phenoxy) is 1. The van der Waals surface area contributed by atoms with E-state index in [1.165, 1.54) is 51.9 Å². The second-order valence-electron chi connectivity index (χ2n) is 10.2. The summed E-state index contributed by atoms with van der Waals surface area (Å²) in [7, 11) is 0. The summed E-state index contributed by atoms with van der Waals surface area (Å²) < 4.78 is 42.6. The third-order valence-electron chi connectivity index (χ3n) is 6.69. The van der Waals surface area contributed by atoms with Gasteiger partial charge < -0.3 is 10.1 Å². The fraction of sp³-hybridized carbons (Fsp3) is 0.258. The van der Waals surface area contributed by atoms with E-state index in [4.69, 9.17) is 0 Å². The number of carbonyl (C=O) groups is 2. The lowest BCUT2D eigenvalue weighted by Gasteiger charge is -2.21. The smallest absolute Gasteiger partial charge is 0.406 e. The number of halogens is 3. The minimum atomic E-state index is -4.76. The van der Waals surface area contributed by atoms with Gasteiger partial charge in [0.25, 0.3) is 0 Å². The van der Waals surface area contributed by atoms with Gasteiger partial charge >= 0.3 is 12.4 Å². The maximum Gasteiger partial charge on any atom is 0.573 e. The van der Waals surface area contributed by atoms with Crippen LogP contribution in [0.4, 0.5) is 23.7 Å². The Balaban J connectivity index is 1.16. The topological polar surface area (TPSA) is 102 Å². The van der Waals surface area contributed by atoms with Crippen LogP contribution in [0.3, 0.4) is 0 Å². The van der Waals surface area contributed by atoms with E-state index in [2.05, 4.69) is 39.0 Å². The van der Waals surface area contributed by atoms with Crippen LogP contribution in [0.2, 0.25) is 0 Å². The van der Waals surface area contributed by atoms with Crippen LogP contribution in [0, 0.1) is 0 Å². The monoisotopic (exact) mass is 622 g/mol. The highest BCUT2D eigenvalue weighted by molar-refractivity contribution is 8.15.